The maximum Gasteiger partial charge on any atom is 0.189 e. The maximum absolute atomic E-state index is 13.2. The summed E-state index contributed by atoms with van der Waals surface area (Å²) in [5, 5.41) is 0. The number of rotatable bonds is 8. The van der Waals surface area contributed by atoms with E-state index in [4.69, 9.17) is 0 Å². The fraction of sp³-hybridized carbons (Fsp3) is 0.387. The molecule has 0 bridgehead atoms. The van der Waals surface area contributed by atoms with Crippen LogP contribution in [-0.2, 0) is 0 Å². The highest BCUT2D eigenvalue weighted by atomic mass is 16.1. The van der Waals surface area contributed by atoms with Crippen molar-refractivity contribution in [3.05, 3.63) is 95.2 Å². The Labute approximate surface area is 205 Å². The first-order valence-corrected chi connectivity index (χ1v) is 12.8. The molecule has 2 aliphatic carbocycles. The topological polar surface area (TPSA) is 23.6 Å². The summed E-state index contributed by atoms with van der Waals surface area (Å²) >= 11 is 0. The molecule has 0 aliphatic heterocycles. The summed E-state index contributed by atoms with van der Waals surface area (Å²) in [6.07, 6.45) is 13.2. The van der Waals surface area contributed by atoms with Crippen LogP contribution in [0.25, 0.3) is 0 Å². The van der Waals surface area contributed by atoms with Crippen LogP contribution in [0.4, 0.5) is 11.4 Å². The Morgan fingerprint density at radius 2 is 1.53 bits per heavy atom. The van der Waals surface area contributed by atoms with Gasteiger partial charge in [-0.05, 0) is 94.8 Å². The zero-order valence-electron chi connectivity index (χ0n) is 21.1. The summed E-state index contributed by atoms with van der Waals surface area (Å²) in [7, 11) is 0. The fourth-order valence-corrected chi connectivity index (χ4v) is 5.13. The third kappa shape index (κ3) is 5.35. The summed E-state index contributed by atoms with van der Waals surface area (Å²) in [4.78, 5) is 18.0. The molecule has 0 N–H and O–H groups in total. The van der Waals surface area contributed by atoms with Crippen molar-refractivity contribution in [3.63, 3.8) is 0 Å². The van der Waals surface area contributed by atoms with Crippen molar-refractivity contribution in [2.45, 2.75) is 59.4 Å². The summed E-state index contributed by atoms with van der Waals surface area (Å²) in [5.41, 5.74) is 6.56. The average molecular weight is 455 g/mol. The molecule has 178 valence electrons. The smallest absolute Gasteiger partial charge is 0.189 e. The van der Waals surface area contributed by atoms with Gasteiger partial charge in [0.1, 0.15) is 0 Å². The second kappa shape index (κ2) is 10.9. The zero-order chi connectivity index (χ0) is 24.1. The molecular formula is C31H38N2O. The lowest BCUT2D eigenvalue weighted by molar-refractivity contribution is 0.103. The second-order valence-electron chi connectivity index (χ2n) is 9.60. The van der Waals surface area contributed by atoms with E-state index in [2.05, 4.69) is 98.2 Å². The predicted molar refractivity (Wildman–Crippen MR) is 144 cm³/mol. The van der Waals surface area contributed by atoms with Crippen molar-refractivity contribution in [1.29, 1.82) is 0 Å². The van der Waals surface area contributed by atoms with Gasteiger partial charge in [0.05, 0.1) is 0 Å². The van der Waals surface area contributed by atoms with E-state index in [1.807, 2.05) is 12.1 Å². The number of carbonyl (C=O) groups excluding carboxylic acids is 1. The Morgan fingerprint density at radius 3 is 2.06 bits per heavy atom. The van der Waals surface area contributed by atoms with E-state index in [0.717, 1.165) is 42.8 Å². The van der Waals surface area contributed by atoms with Crippen LogP contribution in [0.3, 0.4) is 0 Å². The van der Waals surface area contributed by atoms with E-state index >= 15 is 0 Å². The summed E-state index contributed by atoms with van der Waals surface area (Å²) in [5.74, 6) is 0.835. The molecule has 0 aromatic heterocycles. The lowest BCUT2D eigenvalue weighted by Crippen LogP contribution is -2.35. The van der Waals surface area contributed by atoms with Gasteiger partial charge in [0.25, 0.3) is 0 Å². The highest BCUT2D eigenvalue weighted by Crippen LogP contribution is 2.30. The van der Waals surface area contributed by atoms with E-state index in [0.29, 0.717) is 12.0 Å². The van der Waals surface area contributed by atoms with Gasteiger partial charge in [-0.2, -0.15) is 0 Å². The van der Waals surface area contributed by atoms with Crippen molar-refractivity contribution >= 4 is 17.2 Å². The number of hydrogen-bond acceptors (Lipinski definition) is 3. The van der Waals surface area contributed by atoms with Crippen LogP contribution in [-0.4, -0.2) is 29.8 Å². The maximum atomic E-state index is 13.2. The molecule has 2 unspecified atom stereocenters. The van der Waals surface area contributed by atoms with E-state index < -0.39 is 0 Å². The molecule has 0 amide bonds. The number of Topliss-reactive ketones (excluding diaryl/α,β-unsaturated/α-hetero) is 1. The SMILES string of the molecule is CCN(c1ccc(C)cc1)c1ccc(C(=O)C2=CC=C(N(CC)C3C=CC(C)CC3)CC2)cc1. The van der Waals surface area contributed by atoms with Crippen LogP contribution >= 0.6 is 0 Å². The van der Waals surface area contributed by atoms with Crippen molar-refractivity contribution in [2.24, 2.45) is 5.92 Å². The van der Waals surface area contributed by atoms with Crippen LogP contribution in [0.15, 0.2) is 84.1 Å². The average Bonchev–Trinajstić information content (AvgIpc) is 2.87. The van der Waals surface area contributed by atoms with Crippen LogP contribution in [0.1, 0.15) is 62.4 Å². The normalized spacial score (nSPS) is 19.9. The zero-order valence-corrected chi connectivity index (χ0v) is 21.1. The van der Waals surface area contributed by atoms with E-state index in [1.54, 1.807) is 0 Å². The first kappa shape index (κ1) is 24.1. The van der Waals surface area contributed by atoms with Gasteiger partial charge in [-0.1, -0.05) is 42.8 Å². The predicted octanol–water partition coefficient (Wildman–Crippen LogP) is 7.62. The number of aryl methyl sites for hydroxylation is 1. The van der Waals surface area contributed by atoms with Crippen LogP contribution < -0.4 is 4.90 Å². The molecule has 2 aromatic carbocycles. The third-order valence-corrected chi connectivity index (χ3v) is 7.21. The molecule has 0 saturated heterocycles. The van der Waals surface area contributed by atoms with E-state index in [-0.39, 0.29) is 5.78 Å². The number of allylic oxidation sites excluding steroid dienone is 5. The molecule has 4 rings (SSSR count). The first-order valence-electron chi connectivity index (χ1n) is 12.8. The quantitative estimate of drug-likeness (QED) is 0.303. The number of benzene rings is 2. The molecule has 34 heavy (non-hydrogen) atoms. The minimum absolute atomic E-state index is 0.148. The van der Waals surface area contributed by atoms with Crippen molar-refractivity contribution in [2.75, 3.05) is 18.0 Å². The summed E-state index contributed by atoms with van der Waals surface area (Å²) in [6, 6.07) is 17.1. The molecule has 0 fully saturated rings. The van der Waals surface area contributed by atoms with Gasteiger partial charge in [0, 0.05) is 47.3 Å². The number of nitrogens with zero attached hydrogens (tertiary/aromatic N) is 2. The number of carbonyl (C=O) groups is 1. The first-order chi connectivity index (χ1) is 16.5. The molecule has 3 heteroatoms. The van der Waals surface area contributed by atoms with Crippen LogP contribution in [0.2, 0.25) is 0 Å². The molecule has 2 aromatic rings. The number of likely N-dealkylation sites (N-methyl/N-ethyl adjacent to an activating group) is 1. The Kier molecular flexibility index (Phi) is 7.72. The Bertz CT molecular complexity index is 1080. The minimum Gasteiger partial charge on any atom is -0.369 e. The molecule has 2 aliphatic rings. The number of ketones is 1. The summed E-state index contributed by atoms with van der Waals surface area (Å²) < 4.78 is 0. The second-order valence-corrected chi connectivity index (χ2v) is 9.60. The van der Waals surface area contributed by atoms with Gasteiger partial charge in [-0.25, -0.2) is 0 Å². The van der Waals surface area contributed by atoms with Crippen molar-refractivity contribution < 1.29 is 4.79 Å². The fourth-order valence-electron chi connectivity index (χ4n) is 5.13. The number of hydrogen-bond donors (Lipinski definition) is 0. The molecule has 2 atom stereocenters. The van der Waals surface area contributed by atoms with Gasteiger partial charge in [0.2, 0.25) is 0 Å². The molecule has 3 nitrogen and oxygen atoms in total. The Morgan fingerprint density at radius 1 is 0.853 bits per heavy atom. The highest BCUT2D eigenvalue weighted by molar-refractivity contribution is 6.09. The van der Waals surface area contributed by atoms with Gasteiger partial charge in [0.15, 0.2) is 5.78 Å². The van der Waals surface area contributed by atoms with Crippen molar-refractivity contribution in [3.8, 4) is 0 Å². The standard InChI is InChI=1S/C31H38N2O/c1-5-32(27-15-7-23(3)8-16-27)29-19-11-25(12-20-29)31(34)26-13-21-30(22-14-26)33(6-2)28-17-9-24(4)10-18-28/h7-9,11-13,15-17,19-21,24,28H,5-6,10,14,18,22H2,1-4H3. The minimum atomic E-state index is 0.148. The van der Waals surface area contributed by atoms with Crippen LogP contribution in [0, 0.1) is 12.8 Å². The molecule has 0 spiro atoms. The van der Waals surface area contributed by atoms with E-state index in [9.17, 15) is 4.79 Å². The third-order valence-electron chi connectivity index (χ3n) is 7.21. The van der Waals surface area contributed by atoms with Crippen molar-refractivity contribution in [1.82, 2.24) is 4.90 Å². The molecule has 0 radical (unpaired) electrons. The lowest BCUT2D eigenvalue weighted by Gasteiger charge is -2.36. The molecular weight excluding hydrogens is 416 g/mol. The van der Waals surface area contributed by atoms with Gasteiger partial charge in [-0.3, -0.25) is 4.79 Å². The summed E-state index contributed by atoms with van der Waals surface area (Å²) in [6.45, 7) is 10.7. The molecule has 0 heterocycles. The highest BCUT2D eigenvalue weighted by Gasteiger charge is 2.23. The van der Waals surface area contributed by atoms with Gasteiger partial charge >= 0.3 is 0 Å². The Hall–Kier alpha value is -3.07. The largest absolute Gasteiger partial charge is 0.369 e. The lowest BCUT2D eigenvalue weighted by atomic mass is 9.91. The molecule has 0 saturated carbocycles. The van der Waals surface area contributed by atoms with Crippen LogP contribution in [0.5, 0.6) is 0 Å². The Balaban J connectivity index is 1.46. The van der Waals surface area contributed by atoms with E-state index in [1.165, 1.54) is 29.8 Å². The van der Waals surface area contributed by atoms with Gasteiger partial charge in [-0.15, -0.1) is 0 Å². The van der Waals surface area contributed by atoms with Gasteiger partial charge < -0.3 is 9.80 Å². The number of anilines is 2. The monoisotopic (exact) mass is 454 g/mol.